The van der Waals surface area contributed by atoms with Gasteiger partial charge in [-0.25, -0.2) is 9.59 Å². The van der Waals surface area contributed by atoms with Crippen molar-refractivity contribution in [3.05, 3.63) is 59.8 Å². The lowest BCUT2D eigenvalue weighted by Crippen LogP contribution is -2.62. The number of unbranched alkanes of at least 4 members (excludes halogenated alkanes) is 1. The maximum atomic E-state index is 13.4. The van der Waals surface area contributed by atoms with Gasteiger partial charge in [0.25, 0.3) is 0 Å². The third kappa shape index (κ3) is 12.7. The Bertz CT molecular complexity index is 1710. The van der Waals surface area contributed by atoms with Gasteiger partial charge in [-0.2, -0.15) is 0 Å². The largest absolute Gasteiger partial charge is 0.466 e. The van der Waals surface area contributed by atoms with Crippen LogP contribution in [0.2, 0.25) is 0 Å². The predicted octanol–water partition coefficient (Wildman–Crippen LogP) is 5.13. The Kier molecular flexibility index (Phi) is 17.3. The molecule has 0 aliphatic carbocycles. The molecule has 4 aliphatic rings. The lowest BCUT2D eigenvalue weighted by Gasteiger charge is -2.53. The Morgan fingerprint density at radius 1 is 0.951 bits per heavy atom. The molecule has 3 fully saturated rings. The number of esters is 4. The molecule has 4 N–H and O–H groups in total. The number of carbonyl (C=O) groups excluding carboxylic acids is 4. The fourth-order valence-electron chi connectivity index (χ4n) is 8.47. The normalized spacial score (nSPS) is 37.1. The second kappa shape index (κ2) is 21.1. The number of methoxy groups -OCH3 is 1. The van der Waals surface area contributed by atoms with E-state index in [1.807, 2.05) is 26.0 Å². The van der Waals surface area contributed by atoms with Gasteiger partial charge >= 0.3 is 23.9 Å². The first-order valence-electron chi connectivity index (χ1n) is 21.4. The Balaban J connectivity index is 1.84. The van der Waals surface area contributed by atoms with E-state index in [4.69, 9.17) is 33.2 Å². The van der Waals surface area contributed by atoms with Gasteiger partial charge in [0.2, 0.25) is 5.79 Å². The summed E-state index contributed by atoms with van der Waals surface area (Å²) < 4.78 is 41.9. The van der Waals surface area contributed by atoms with Gasteiger partial charge in [-0.3, -0.25) is 9.59 Å². The zero-order chi connectivity index (χ0) is 45.3. The van der Waals surface area contributed by atoms with Crippen molar-refractivity contribution in [2.75, 3.05) is 7.11 Å². The Morgan fingerprint density at radius 2 is 1.67 bits per heavy atom. The van der Waals surface area contributed by atoms with Crippen LogP contribution >= 0.6 is 0 Å². The van der Waals surface area contributed by atoms with Crippen LogP contribution in [-0.4, -0.2) is 118 Å². The highest BCUT2D eigenvalue weighted by molar-refractivity contribution is 5.84. The summed E-state index contributed by atoms with van der Waals surface area (Å²) in [6, 6.07) is 0. The molecule has 0 amide bonds. The molecule has 11 atom stereocenters. The molecule has 0 spiro atoms. The molecule has 0 radical (unpaired) electrons. The number of rotatable bonds is 8. The van der Waals surface area contributed by atoms with Crippen molar-refractivity contribution in [2.24, 2.45) is 10.8 Å². The molecule has 6 bridgehead atoms. The summed E-state index contributed by atoms with van der Waals surface area (Å²) in [5.74, 6) is -7.32. The first-order valence-corrected chi connectivity index (χ1v) is 21.4. The van der Waals surface area contributed by atoms with Crippen molar-refractivity contribution < 1.29 is 72.8 Å². The molecule has 61 heavy (non-hydrogen) atoms. The van der Waals surface area contributed by atoms with Crippen molar-refractivity contribution >= 4 is 23.9 Å². The highest BCUT2D eigenvalue weighted by Crippen LogP contribution is 2.50. The van der Waals surface area contributed by atoms with E-state index in [9.17, 15) is 39.6 Å². The second-order valence-corrected chi connectivity index (χ2v) is 17.9. The monoisotopic (exact) mass is 860 g/mol. The van der Waals surface area contributed by atoms with Gasteiger partial charge in [0.05, 0.1) is 55.6 Å². The molecule has 0 aromatic carbocycles. The summed E-state index contributed by atoms with van der Waals surface area (Å²) in [6.45, 7) is 13.4. The Hall–Kier alpha value is -3.70. The average Bonchev–Trinajstić information content (AvgIpc) is 3.16. The zero-order valence-electron chi connectivity index (χ0n) is 37.2. The number of hydrogen-bond donors (Lipinski definition) is 4. The van der Waals surface area contributed by atoms with Crippen LogP contribution < -0.4 is 0 Å². The standard InChI is InChI=1S/C46H68O15/c1-10-12-13-14-15-16-39(50)59-42-31(22-40(51)55-9)21-34-25-37(28(3)47)58-41(52)24-32(49)23-35-26-38(56-29(4)48)44(7,8)45(53,60-35)27-36-20-30(11-2)19-33(57-36)17-18-43(5,6)46(42,54)61-34/h11,13-18,22,28,32-38,42,47,49,53-54H,10,12,19-21,23-27H2,1-9H3/b14-13+,16-15+,18-17+,30-11-,31-22+/t28-,32+,33+,34+,35-,36+,37?,38+,42+,45+,46-/m1/s1. The van der Waals surface area contributed by atoms with Crippen LogP contribution in [0.25, 0.3) is 0 Å². The van der Waals surface area contributed by atoms with Crippen LogP contribution in [0.3, 0.4) is 0 Å². The summed E-state index contributed by atoms with van der Waals surface area (Å²) in [4.78, 5) is 51.9. The van der Waals surface area contributed by atoms with Gasteiger partial charge in [-0.05, 0) is 45.1 Å². The van der Waals surface area contributed by atoms with Crippen LogP contribution in [0.1, 0.15) is 120 Å². The number of aliphatic hydroxyl groups excluding tert-OH is 2. The maximum Gasteiger partial charge on any atom is 0.331 e. The first kappa shape index (κ1) is 50.0. The number of allylic oxidation sites excluding steroid dienone is 4. The molecule has 15 heteroatoms. The van der Waals surface area contributed by atoms with Gasteiger partial charge in [-0.1, -0.05) is 83.1 Å². The quantitative estimate of drug-likeness (QED) is 0.0819. The highest BCUT2D eigenvalue weighted by atomic mass is 16.7. The van der Waals surface area contributed by atoms with E-state index in [0.717, 1.165) is 24.5 Å². The van der Waals surface area contributed by atoms with Crippen LogP contribution in [0.5, 0.6) is 0 Å². The molecule has 4 rings (SSSR count). The number of ether oxygens (including phenoxy) is 7. The average molecular weight is 861 g/mol. The third-order valence-corrected chi connectivity index (χ3v) is 12.3. The number of fused-ring (bicyclic) bond motifs is 6. The van der Waals surface area contributed by atoms with Crippen molar-refractivity contribution in [1.82, 2.24) is 0 Å². The molecule has 15 nitrogen and oxygen atoms in total. The van der Waals surface area contributed by atoms with Gasteiger partial charge in [0.15, 0.2) is 11.9 Å². The van der Waals surface area contributed by atoms with E-state index in [1.165, 1.54) is 33.1 Å². The molecule has 4 aliphatic heterocycles. The summed E-state index contributed by atoms with van der Waals surface area (Å²) in [5.41, 5.74) is -1.38. The van der Waals surface area contributed by atoms with Crippen LogP contribution in [-0.2, 0) is 52.3 Å². The van der Waals surface area contributed by atoms with Gasteiger partial charge in [-0.15, -0.1) is 0 Å². The molecule has 342 valence electrons. The van der Waals surface area contributed by atoms with Gasteiger partial charge in [0.1, 0.15) is 12.2 Å². The van der Waals surface area contributed by atoms with E-state index < -0.39 is 108 Å². The number of cyclic esters (lactones) is 1. The minimum atomic E-state index is -2.38. The van der Waals surface area contributed by atoms with Crippen LogP contribution in [0.4, 0.5) is 0 Å². The first-order chi connectivity index (χ1) is 28.6. The van der Waals surface area contributed by atoms with E-state index in [-0.39, 0.29) is 37.7 Å². The van der Waals surface area contributed by atoms with Crippen molar-refractivity contribution in [1.29, 1.82) is 0 Å². The van der Waals surface area contributed by atoms with Crippen molar-refractivity contribution in [3.63, 3.8) is 0 Å². The van der Waals surface area contributed by atoms with Crippen molar-refractivity contribution in [2.45, 2.75) is 186 Å². The van der Waals surface area contributed by atoms with Gasteiger partial charge < -0.3 is 53.6 Å². The SMILES string of the molecule is C/C=C1\C[C@H]2C[C@]3(O)O[C@H](C[C@H](O)CC(=O)OC([C@@H](C)O)C[C@@H]4C/C(=C\C(=O)OC)[C@H](OC(=O)/C=C/C=C/CCC)[C@@](O)(O4)C(C)(C)/C=C/[C@@H](C1)O2)C[C@H](OC(C)=O)C3(C)C. The lowest BCUT2D eigenvalue weighted by molar-refractivity contribution is -0.348. The second-order valence-electron chi connectivity index (χ2n) is 17.9. The molecule has 4 heterocycles. The smallest absolute Gasteiger partial charge is 0.331 e. The Morgan fingerprint density at radius 3 is 2.31 bits per heavy atom. The van der Waals surface area contributed by atoms with E-state index in [1.54, 1.807) is 45.9 Å². The van der Waals surface area contributed by atoms with E-state index in [2.05, 4.69) is 0 Å². The molecule has 0 saturated carbocycles. The number of aliphatic hydroxyl groups is 4. The molecular formula is C46H68O15. The topological polar surface area (TPSA) is 214 Å². The van der Waals surface area contributed by atoms with Crippen molar-refractivity contribution in [3.8, 4) is 0 Å². The fourth-order valence-corrected chi connectivity index (χ4v) is 8.47. The van der Waals surface area contributed by atoms with Crippen LogP contribution in [0.15, 0.2) is 59.8 Å². The highest BCUT2D eigenvalue weighted by Gasteiger charge is 2.59. The maximum absolute atomic E-state index is 13.4. The predicted molar refractivity (Wildman–Crippen MR) is 222 cm³/mol. The minimum Gasteiger partial charge on any atom is -0.466 e. The summed E-state index contributed by atoms with van der Waals surface area (Å²) in [6.07, 6.45) is 5.44. The molecule has 0 aromatic rings. The van der Waals surface area contributed by atoms with E-state index >= 15 is 0 Å². The zero-order valence-corrected chi connectivity index (χ0v) is 37.2. The Labute approximate surface area is 359 Å². The fraction of sp³-hybridized carbons (Fsp3) is 0.696. The number of hydrogen-bond acceptors (Lipinski definition) is 15. The summed E-state index contributed by atoms with van der Waals surface area (Å²) in [5, 5.41) is 47.4. The summed E-state index contributed by atoms with van der Waals surface area (Å²) in [7, 11) is 1.19. The number of carbonyl (C=O) groups is 4. The van der Waals surface area contributed by atoms with Crippen LogP contribution in [0, 0.1) is 10.8 Å². The molecule has 3 saturated heterocycles. The van der Waals surface area contributed by atoms with E-state index in [0.29, 0.717) is 12.8 Å². The van der Waals surface area contributed by atoms with Gasteiger partial charge in [0, 0.05) is 50.2 Å². The summed E-state index contributed by atoms with van der Waals surface area (Å²) >= 11 is 0. The third-order valence-electron chi connectivity index (χ3n) is 12.3. The molecule has 0 aromatic heterocycles. The molecule has 1 unspecified atom stereocenters. The molecular weight excluding hydrogens is 792 g/mol. The minimum absolute atomic E-state index is 0.0524. The lowest BCUT2D eigenvalue weighted by atomic mass is 9.70.